The maximum atomic E-state index is 12.0. The highest BCUT2D eigenvalue weighted by atomic mass is 32.1. The summed E-state index contributed by atoms with van der Waals surface area (Å²) in [6.07, 6.45) is 3.60. The van der Waals surface area contributed by atoms with Crippen molar-refractivity contribution in [1.29, 1.82) is 0 Å². The molecule has 1 saturated heterocycles. The summed E-state index contributed by atoms with van der Waals surface area (Å²) in [5.74, 6) is -0.192. The zero-order valence-electron chi connectivity index (χ0n) is 11.3. The van der Waals surface area contributed by atoms with Crippen LogP contribution >= 0.6 is 11.3 Å². The molecule has 2 heterocycles. The van der Waals surface area contributed by atoms with Gasteiger partial charge in [0, 0.05) is 12.6 Å². The SMILES string of the molecule is CCC1(CC)CC(NC(=O)c2nnc(N)s2)CCO1. The van der Waals surface area contributed by atoms with Gasteiger partial charge in [-0.1, -0.05) is 25.2 Å². The van der Waals surface area contributed by atoms with Crippen LogP contribution in [0.5, 0.6) is 0 Å². The third-order valence-electron chi connectivity index (χ3n) is 3.75. The van der Waals surface area contributed by atoms with Gasteiger partial charge < -0.3 is 15.8 Å². The molecule has 1 aromatic rings. The summed E-state index contributed by atoms with van der Waals surface area (Å²) >= 11 is 1.11. The van der Waals surface area contributed by atoms with E-state index in [1.54, 1.807) is 0 Å². The number of aromatic nitrogens is 2. The molecule has 106 valence electrons. The molecule has 1 fully saturated rings. The minimum atomic E-state index is -0.192. The summed E-state index contributed by atoms with van der Waals surface area (Å²) in [7, 11) is 0. The molecular weight excluding hydrogens is 264 g/mol. The summed E-state index contributed by atoms with van der Waals surface area (Å²) in [6, 6.07) is 0.131. The standard InChI is InChI=1S/C12H20N4O2S/c1-3-12(4-2)7-8(5-6-18-12)14-9(17)10-15-16-11(13)19-10/h8H,3-7H2,1-2H3,(H2,13,16)(H,14,17). The van der Waals surface area contributed by atoms with Gasteiger partial charge in [0.05, 0.1) is 5.60 Å². The van der Waals surface area contributed by atoms with Crippen molar-refractivity contribution in [2.45, 2.75) is 51.2 Å². The van der Waals surface area contributed by atoms with Gasteiger partial charge in [0.1, 0.15) is 0 Å². The van der Waals surface area contributed by atoms with E-state index in [0.717, 1.165) is 37.0 Å². The van der Waals surface area contributed by atoms with E-state index in [4.69, 9.17) is 10.5 Å². The van der Waals surface area contributed by atoms with Crippen LogP contribution < -0.4 is 11.1 Å². The molecule has 0 aromatic carbocycles. The minimum absolute atomic E-state index is 0.101. The maximum Gasteiger partial charge on any atom is 0.282 e. The van der Waals surface area contributed by atoms with Gasteiger partial charge in [-0.2, -0.15) is 0 Å². The second-order valence-electron chi connectivity index (χ2n) is 4.85. The highest BCUT2D eigenvalue weighted by molar-refractivity contribution is 7.16. The summed E-state index contributed by atoms with van der Waals surface area (Å²) in [5, 5.41) is 11.1. The molecule has 1 aromatic heterocycles. The largest absolute Gasteiger partial charge is 0.375 e. The number of nitrogens with two attached hydrogens (primary N) is 1. The lowest BCUT2D eigenvalue weighted by atomic mass is 9.86. The van der Waals surface area contributed by atoms with Gasteiger partial charge in [0.15, 0.2) is 0 Å². The Bertz CT molecular complexity index is 445. The molecule has 6 nitrogen and oxygen atoms in total. The van der Waals surface area contributed by atoms with Gasteiger partial charge >= 0.3 is 0 Å². The summed E-state index contributed by atoms with van der Waals surface area (Å²) in [5.41, 5.74) is 5.38. The number of hydrogen-bond donors (Lipinski definition) is 2. The quantitative estimate of drug-likeness (QED) is 0.876. The van der Waals surface area contributed by atoms with Crippen LogP contribution in [0.2, 0.25) is 0 Å². The van der Waals surface area contributed by atoms with Crippen molar-refractivity contribution in [3.05, 3.63) is 5.01 Å². The Morgan fingerprint density at radius 2 is 2.26 bits per heavy atom. The van der Waals surface area contributed by atoms with Gasteiger partial charge in [-0.3, -0.25) is 4.79 Å². The molecule has 1 atom stereocenters. The van der Waals surface area contributed by atoms with Gasteiger partial charge in [0.25, 0.3) is 5.91 Å². The molecule has 1 aliphatic rings. The first-order chi connectivity index (χ1) is 9.08. The number of nitrogen functional groups attached to an aromatic ring is 1. The third kappa shape index (κ3) is 3.22. The molecule has 0 bridgehead atoms. The van der Waals surface area contributed by atoms with Crippen LogP contribution in [0.25, 0.3) is 0 Å². The number of amides is 1. The average molecular weight is 284 g/mol. The number of nitrogens with one attached hydrogen (secondary N) is 1. The number of anilines is 1. The van der Waals surface area contributed by atoms with E-state index in [9.17, 15) is 4.79 Å². The van der Waals surface area contributed by atoms with Crippen molar-refractivity contribution >= 4 is 22.4 Å². The second-order valence-corrected chi connectivity index (χ2v) is 5.86. The van der Waals surface area contributed by atoms with E-state index in [-0.39, 0.29) is 17.6 Å². The Labute approximate surface area is 116 Å². The number of nitrogens with zero attached hydrogens (tertiary/aromatic N) is 2. The maximum absolute atomic E-state index is 12.0. The lowest BCUT2D eigenvalue weighted by Gasteiger charge is -2.40. The zero-order valence-corrected chi connectivity index (χ0v) is 12.1. The summed E-state index contributed by atoms with van der Waals surface area (Å²) in [4.78, 5) is 12.0. The molecule has 0 saturated carbocycles. The topological polar surface area (TPSA) is 90.1 Å². The zero-order chi connectivity index (χ0) is 13.9. The first-order valence-corrected chi connectivity index (χ1v) is 7.44. The number of hydrogen-bond acceptors (Lipinski definition) is 6. The molecular formula is C12H20N4O2S. The predicted octanol–water partition coefficient (Wildman–Crippen LogP) is 1.59. The monoisotopic (exact) mass is 284 g/mol. The number of carbonyl (C=O) groups excluding carboxylic acids is 1. The van der Waals surface area contributed by atoms with Crippen LogP contribution in [-0.2, 0) is 4.74 Å². The normalized spacial score (nSPS) is 22.1. The smallest absolute Gasteiger partial charge is 0.282 e. The molecule has 0 radical (unpaired) electrons. The first kappa shape index (κ1) is 14.2. The van der Waals surface area contributed by atoms with E-state index < -0.39 is 0 Å². The van der Waals surface area contributed by atoms with Crippen molar-refractivity contribution in [3.8, 4) is 0 Å². The van der Waals surface area contributed by atoms with Crippen LogP contribution in [0, 0.1) is 0 Å². The van der Waals surface area contributed by atoms with E-state index >= 15 is 0 Å². The second kappa shape index (κ2) is 5.83. The molecule has 1 aliphatic heterocycles. The first-order valence-electron chi connectivity index (χ1n) is 6.62. The van der Waals surface area contributed by atoms with Gasteiger partial charge in [0.2, 0.25) is 10.1 Å². The third-order valence-corrected chi connectivity index (χ3v) is 4.50. The Balaban J connectivity index is 1.97. The van der Waals surface area contributed by atoms with Crippen molar-refractivity contribution in [1.82, 2.24) is 15.5 Å². The predicted molar refractivity (Wildman–Crippen MR) is 74.1 cm³/mol. The summed E-state index contributed by atoms with van der Waals surface area (Å²) in [6.45, 7) is 4.93. The highest BCUT2D eigenvalue weighted by Gasteiger charge is 2.35. The minimum Gasteiger partial charge on any atom is -0.375 e. The van der Waals surface area contributed by atoms with Crippen molar-refractivity contribution in [2.24, 2.45) is 0 Å². The van der Waals surface area contributed by atoms with Crippen LogP contribution in [0.1, 0.15) is 49.3 Å². The Morgan fingerprint density at radius 1 is 1.53 bits per heavy atom. The van der Waals surface area contributed by atoms with E-state index in [2.05, 4.69) is 29.4 Å². The average Bonchev–Trinajstić information content (AvgIpc) is 2.85. The van der Waals surface area contributed by atoms with Crippen LogP contribution in [-0.4, -0.2) is 34.4 Å². The fourth-order valence-corrected chi connectivity index (χ4v) is 2.98. The molecule has 2 rings (SSSR count). The molecule has 7 heteroatoms. The lowest BCUT2D eigenvalue weighted by Crippen LogP contribution is -2.48. The van der Waals surface area contributed by atoms with E-state index in [1.807, 2.05) is 0 Å². The Kier molecular flexibility index (Phi) is 4.36. The Hall–Kier alpha value is -1.21. The Morgan fingerprint density at radius 3 is 2.84 bits per heavy atom. The van der Waals surface area contributed by atoms with Gasteiger partial charge in [-0.15, -0.1) is 10.2 Å². The molecule has 0 aliphatic carbocycles. The fourth-order valence-electron chi connectivity index (χ4n) is 2.47. The molecule has 0 spiro atoms. The number of ether oxygens (including phenoxy) is 1. The fraction of sp³-hybridized carbons (Fsp3) is 0.750. The highest BCUT2D eigenvalue weighted by Crippen LogP contribution is 2.31. The summed E-state index contributed by atoms with van der Waals surface area (Å²) < 4.78 is 5.89. The van der Waals surface area contributed by atoms with Crippen LogP contribution in [0.15, 0.2) is 0 Å². The van der Waals surface area contributed by atoms with Gasteiger partial charge in [-0.25, -0.2) is 0 Å². The molecule has 19 heavy (non-hydrogen) atoms. The van der Waals surface area contributed by atoms with Crippen molar-refractivity contribution in [3.63, 3.8) is 0 Å². The number of carbonyl (C=O) groups is 1. The van der Waals surface area contributed by atoms with Crippen molar-refractivity contribution in [2.75, 3.05) is 12.3 Å². The molecule has 3 N–H and O–H groups in total. The van der Waals surface area contributed by atoms with Crippen LogP contribution in [0.3, 0.4) is 0 Å². The lowest BCUT2D eigenvalue weighted by molar-refractivity contribution is -0.0917. The molecule has 1 unspecified atom stereocenters. The van der Waals surface area contributed by atoms with E-state index in [1.165, 1.54) is 0 Å². The van der Waals surface area contributed by atoms with Crippen molar-refractivity contribution < 1.29 is 9.53 Å². The number of rotatable bonds is 4. The van der Waals surface area contributed by atoms with Gasteiger partial charge in [-0.05, 0) is 25.7 Å². The van der Waals surface area contributed by atoms with E-state index in [0.29, 0.717) is 16.7 Å². The van der Waals surface area contributed by atoms with Crippen LogP contribution in [0.4, 0.5) is 5.13 Å². The molecule has 1 amide bonds.